The third-order valence-corrected chi connectivity index (χ3v) is 0. The van der Waals surface area contributed by atoms with Gasteiger partial charge in [-0.3, -0.25) is 0 Å². The molecular weight excluding hydrogens is 152 g/mol. The molecular formula is H8Si2Ti2. The fourth-order valence-electron chi connectivity index (χ4n) is 0. The topological polar surface area (TPSA) is 0 Å². The summed E-state index contributed by atoms with van der Waals surface area (Å²) in [7, 11) is 0. The molecule has 0 aliphatic carbocycles. The Kier molecular flexibility index (Phi) is 209. The molecule has 0 atom stereocenters. The Labute approximate surface area is 64.9 Å². The molecule has 0 aliphatic rings. The maximum absolute atomic E-state index is 0. The van der Waals surface area contributed by atoms with Gasteiger partial charge < -0.3 is 0 Å². The van der Waals surface area contributed by atoms with Crippen molar-refractivity contribution >= 4 is 21.9 Å². The molecule has 0 spiro atoms. The van der Waals surface area contributed by atoms with E-state index in [1.54, 1.807) is 0 Å². The fourth-order valence-corrected chi connectivity index (χ4v) is 0. The van der Waals surface area contributed by atoms with Crippen LogP contribution in [0.1, 0.15) is 0 Å². The number of hydrogen-bond acceptors (Lipinski definition) is 0. The van der Waals surface area contributed by atoms with E-state index < -0.39 is 0 Å². The standard InChI is InChI=1S/2H4Si.2Ti/h2*1H4;;. The van der Waals surface area contributed by atoms with Crippen LogP contribution < -0.4 is 0 Å². The van der Waals surface area contributed by atoms with E-state index in [9.17, 15) is 0 Å². The Hall–Kier alpha value is 1.86. The monoisotopic (exact) mass is 160 g/mol. The summed E-state index contributed by atoms with van der Waals surface area (Å²) in [5.41, 5.74) is 0. The molecule has 0 aromatic heterocycles. The molecule has 4 heavy (non-hydrogen) atoms. The van der Waals surface area contributed by atoms with Gasteiger partial charge in [-0.05, 0) is 21.9 Å². The van der Waals surface area contributed by atoms with Crippen LogP contribution in [0.15, 0.2) is 0 Å². The van der Waals surface area contributed by atoms with Gasteiger partial charge in [0.05, 0.1) is 0 Å². The Morgan fingerprint density at radius 1 is 0.500 bits per heavy atom. The zero-order chi connectivity index (χ0) is 0. The summed E-state index contributed by atoms with van der Waals surface area (Å²) in [4.78, 5) is 0. The van der Waals surface area contributed by atoms with Gasteiger partial charge in [-0.1, -0.05) is 0 Å². The normalized spacial score (nSPS) is 0. The summed E-state index contributed by atoms with van der Waals surface area (Å²) in [6.07, 6.45) is 0. The number of hydrogen-bond donors (Lipinski definition) is 0. The van der Waals surface area contributed by atoms with Gasteiger partial charge in [-0.15, -0.1) is 0 Å². The van der Waals surface area contributed by atoms with Gasteiger partial charge in [0.2, 0.25) is 0 Å². The van der Waals surface area contributed by atoms with Crippen LogP contribution in [0.2, 0.25) is 0 Å². The Bertz CT molecular complexity index is 4.00. The van der Waals surface area contributed by atoms with E-state index >= 15 is 0 Å². The molecule has 4 heteroatoms. The van der Waals surface area contributed by atoms with Gasteiger partial charge in [0, 0.05) is 43.4 Å². The molecule has 0 aromatic carbocycles. The zero-order valence-corrected chi connectivity index (χ0v) is 4.12. The summed E-state index contributed by atoms with van der Waals surface area (Å²) >= 11 is 0. The first-order valence-corrected chi connectivity index (χ1v) is 0. The summed E-state index contributed by atoms with van der Waals surface area (Å²) < 4.78 is 0. The summed E-state index contributed by atoms with van der Waals surface area (Å²) in [6, 6.07) is 0. The van der Waals surface area contributed by atoms with Crippen LogP contribution in [0.3, 0.4) is 0 Å². The molecule has 0 fully saturated rings. The quantitative estimate of drug-likeness (QED) is 0.333. The van der Waals surface area contributed by atoms with E-state index in [4.69, 9.17) is 0 Å². The average Bonchev–Trinajstić information content (AvgIpc) is 0. The van der Waals surface area contributed by atoms with Crippen molar-refractivity contribution in [1.82, 2.24) is 0 Å². The van der Waals surface area contributed by atoms with Crippen LogP contribution in [-0.2, 0) is 43.4 Å². The fraction of sp³-hybridized carbons (Fsp3) is 0. The van der Waals surface area contributed by atoms with E-state index in [1.165, 1.54) is 0 Å². The van der Waals surface area contributed by atoms with Crippen LogP contribution in [0.5, 0.6) is 0 Å². The molecule has 0 unspecified atom stereocenters. The maximum Gasteiger partial charge on any atom is 0 e. The smallest absolute Gasteiger partial charge is 0 e. The predicted molar refractivity (Wildman–Crippen MR) is 22.7 cm³/mol. The zero-order valence-electron chi connectivity index (χ0n) is 1.00. The molecule has 24 valence electrons. The first kappa shape index (κ1) is 40.0. The van der Waals surface area contributed by atoms with Crippen molar-refractivity contribution in [3.8, 4) is 0 Å². The predicted octanol–water partition coefficient (Wildman–Crippen LogP) is -2.91. The number of rotatable bonds is 0. The van der Waals surface area contributed by atoms with Gasteiger partial charge in [-0.2, -0.15) is 0 Å². The average molecular weight is 160 g/mol. The largest absolute Gasteiger partial charge is 0.0149 e. The van der Waals surface area contributed by atoms with Gasteiger partial charge in [0.1, 0.15) is 0 Å². The van der Waals surface area contributed by atoms with Gasteiger partial charge >= 0.3 is 0 Å². The van der Waals surface area contributed by atoms with Gasteiger partial charge in [-0.25, -0.2) is 0 Å². The molecule has 0 rings (SSSR count). The minimum absolute atomic E-state index is 0. The van der Waals surface area contributed by atoms with Gasteiger partial charge in [0.25, 0.3) is 0 Å². The molecule has 0 radical (unpaired) electrons. The first-order valence-electron chi connectivity index (χ1n) is 0. The van der Waals surface area contributed by atoms with Gasteiger partial charge in [0.15, 0.2) is 0 Å². The molecule has 0 bridgehead atoms. The van der Waals surface area contributed by atoms with Crippen LogP contribution in [0.4, 0.5) is 0 Å². The summed E-state index contributed by atoms with van der Waals surface area (Å²) in [6.45, 7) is 0. The van der Waals surface area contributed by atoms with E-state index in [0.717, 1.165) is 0 Å². The van der Waals surface area contributed by atoms with E-state index in [2.05, 4.69) is 0 Å². The second kappa shape index (κ2) is 20.9. The molecule has 0 nitrogen and oxygen atoms in total. The second-order valence-corrected chi connectivity index (χ2v) is 0. The summed E-state index contributed by atoms with van der Waals surface area (Å²) in [5, 5.41) is 0. The minimum atomic E-state index is 0. The Morgan fingerprint density at radius 2 is 0.500 bits per heavy atom. The third-order valence-electron chi connectivity index (χ3n) is 0. The molecule has 0 saturated heterocycles. The molecule has 0 N–H and O–H groups in total. The van der Waals surface area contributed by atoms with E-state index in [-0.39, 0.29) is 65.4 Å². The Balaban J connectivity index is 0. The first-order chi connectivity index (χ1) is 0. The van der Waals surface area contributed by atoms with Crippen molar-refractivity contribution in [3.63, 3.8) is 0 Å². The van der Waals surface area contributed by atoms with Crippen molar-refractivity contribution < 1.29 is 43.4 Å². The maximum atomic E-state index is 0. The van der Waals surface area contributed by atoms with Crippen LogP contribution in [0.25, 0.3) is 0 Å². The molecule has 0 aliphatic heterocycles. The van der Waals surface area contributed by atoms with Crippen molar-refractivity contribution in [2.75, 3.05) is 0 Å². The second-order valence-electron chi connectivity index (χ2n) is 0. The molecule has 0 heterocycles. The van der Waals surface area contributed by atoms with Crippen LogP contribution in [-0.4, -0.2) is 21.9 Å². The Morgan fingerprint density at radius 3 is 0.500 bits per heavy atom. The molecule has 0 amide bonds. The van der Waals surface area contributed by atoms with Crippen molar-refractivity contribution in [2.45, 2.75) is 0 Å². The van der Waals surface area contributed by atoms with Crippen molar-refractivity contribution in [3.05, 3.63) is 0 Å². The minimum Gasteiger partial charge on any atom is -0.0149 e. The van der Waals surface area contributed by atoms with E-state index in [0.29, 0.717) is 0 Å². The van der Waals surface area contributed by atoms with Crippen LogP contribution >= 0.6 is 0 Å². The molecule has 0 aromatic rings. The van der Waals surface area contributed by atoms with E-state index in [1.807, 2.05) is 0 Å². The summed E-state index contributed by atoms with van der Waals surface area (Å²) in [5.74, 6) is 0. The van der Waals surface area contributed by atoms with Crippen molar-refractivity contribution in [2.24, 2.45) is 0 Å². The van der Waals surface area contributed by atoms with Crippen LogP contribution in [0, 0.1) is 0 Å². The third kappa shape index (κ3) is 9.12. The molecule has 0 saturated carbocycles. The van der Waals surface area contributed by atoms with Crippen molar-refractivity contribution in [1.29, 1.82) is 0 Å². The SMILES string of the molecule is [SiH4].[SiH4].[Ti].[Ti].